The van der Waals surface area contributed by atoms with Crippen molar-refractivity contribution in [1.29, 1.82) is 0 Å². The van der Waals surface area contributed by atoms with E-state index in [0.717, 1.165) is 16.5 Å². The highest BCUT2D eigenvalue weighted by Crippen LogP contribution is 2.37. The van der Waals surface area contributed by atoms with Gasteiger partial charge in [0.05, 0.1) is 33.8 Å². The molecule has 0 radical (unpaired) electrons. The van der Waals surface area contributed by atoms with E-state index in [4.69, 9.17) is 18.9 Å². The molecule has 2 aromatic carbocycles. The number of nitrogens with zero attached hydrogens (tertiary/aromatic N) is 1. The zero-order chi connectivity index (χ0) is 19.6. The zero-order valence-corrected chi connectivity index (χ0v) is 16.1. The Hall–Kier alpha value is -2.99. The minimum atomic E-state index is -0.864. The fraction of sp³-hybridized carbons (Fsp3) is 0.286. The monoisotopic (exact) mass is 370 g/mol. The van der Waals surface area contributed by atoms with E-state index in [1.54, 1.807) is 40.6 Å². The first-order valence-corrected chi connectivity index (χ1v) is 8.48. The highest BCUT2D eigenvalue weighted by molar-refractivity contribution is 5.87. The van der Waals surface area contributed by atoms with Gasteiger partial charge in [0, 0.05) is 6.07 Å². The Balaban J connectivity index is 2.19. The van der Waals surface area contributed by atoms with Gasteiger partial charge in [-0.05, 0) is 35.2 Å². The standard InChI is InChI=1S/C21H24NO5/c1-22-9-8-13-10-18(26-4)19(27-5)12-15(13)20(22)21(23)14-6-7-16(24-2)17(11-14)25-3/h6-12,21,23H,1-5H3/q+1. The number of aliphatic hydroxyl groups excluding tert-OH is 1. The minimum absolute atomic E-state index is 0.566. The molecule has 0 saturated carbocycles. The van der Waals surface area contributed by atoms with Crippen LogP contribution in [0, 0.1) is 0 Å². The van der Waals surface area contributed by atoms with Gasteiger partial charge in [-0.1, -0.05) is 6.07 Å². The van der Waals surface area contributed by atoms with Gasteiger partial charge in [0.25, 0.3) is 0 Å². The van der Waals surface area contributed by atoms with E-state index < -0.39 is 6.10 Å². The Morgan fingerprint density at radius 3 is 2.00 bits per heavy atom. The highest BCUT2D eigenvalue weighted by atomic mass is 16.5. The van der Waals surface area contributed by atoms with Crippen LogP contribution >= 0.6 is 0 Å². The maximum atomic E-state index is 11.2. The molecule has 1 N–H and O–H groups in total. The molecule has 3 aromatic rings. The van der Waals surface area contributed by atoms with Crippen LogP contribution < -0.4 is 23.5 Å². The molecule has 6 heteroatoms. The van der Waals surface area contributed by atoms with Gasteiger partial charge in [-0.25, -0.2) is 4.57 Å². The summed E-state index contributed by atoms with van der Waals surface area (Å²) in [5, 5.41) is 13.0. The Kier molecular flexibility index (Phi) is 5.37. The number of ether oxygens (including phenoxy) is 4. The number of aromatic nitrogens is 1. The number of fused-ring (bicyclic) bond motifs is 1. The first-order valence-electron chi connectivity index (χ1n) is 8.48. The SMILES string of the molecule is COc1ccc(C(O)c2c3cc(OC)c(OC)cc3cc[n+]2C)cc1OC. The molecule has 0 aliphatic heterocycles. The quantitative estimate of drug-likeness (QED) is 0.676. The van der Waals surface area contributed by atoms with Gasteiger partial charge in [-0.3, -0.25) is 0 Å². The smallest absolute Gasteiger partial charge is 0.222 e. The van der Waals surface area contributed by atoms with Crippen LogP contribution in [0.3, 0.4) is 0 Å². The van der Waals surface area contributed by atoms with Gasteiger partial charge in [0.1, 0.15) is 7.05 Å². The summed E-state index contributed by atoms with van der Waals surface area (Å²) >= 11 is 0. The van der Waals surface area contributed by atoms with E-state index in [1.165, 1.54) is 0 Å². The molecule has 0 amide bonds. The zero-order valence-electron chi connectivity index (χ0n) is 16.1. The van der Waals surface area contributed by atoms with Crippen molar-refractivity contribution in [2.75, 3.05) is 28.4 Å². The largest absolute Gasteiger partial charge is 0.493 e. The van der Waals surface area contributed by atoms with Gasteiger partial charge >= 0.3 is 0 Å². The van der Waals surface area contributed by atoms with E-state index in [2.05, 4.69) is 0 Å². The highest BCUT2D eigenvalue weighted by Gasteiger charge is 2.25. The van der Waals surface area contributed by atoms with Crippen molar-refractivity contribution in [2.45, 2.75) is 6.10 Å². The van der Waals surface area contributed by atoms with Crippen molar-refractivity contribution in [3.63, 3.8) is 0 Å². The third kappa shape index (κ3) is 3.36. The average Bonchev–Trinajstić information content (AvgIpc) is 2.71. The van der Waals surface area contributed by atoms with Crippen LogP contribution in [0.2, 0.25) is 0 Å². The molecule has 0 saturated heterocycles. The van der Waals surface area contributed by atoms with Crippen LogP contribution in [0.15, 0.2) is 42.6 Å². The lowest BCUT2D eigenvalue weighted by Crippen LogP contribution is -2.35. The molecular formula is C21H24NO5+. The molecule has 1 atom stereocenters. The molecule has 0 aliphatic rings. The summed E-state index contributed by atoms with van der Waals surface area (Å²) in [6, 6.07) is 11.1. The number of methoxy groups -OCH3 is 4. The maximum absolute atomic E-state index is 11.2. The van der Waals surface area contributed by atoms with E-state index in [0.29, 0.717) is 28.6 Å². The molecule has 1 aromatic heterocycles. The summed E-state index contributed by atoms with van der Waals surface area (Å²) in [6.45, 7) is 0. The fourth-order valence-electron chi connectivity index (χ4n) is 3.24. The Labute approximate surface area is 158 Å². The second kappa shape index (κ2) is 7.72. The summed E-state index contributed by atoms with van der Waals surface area (Å²) in [5.74, 6) is 2.43. The molecule has 6 nitrogen and oxygen atoms in total. The summed E-state index contributed by atoms with van der Waals surface area (Å²) < 4.78 is 23.4. The van der Waals surface area contributed by atoms with Gasteiger partial charge in [-0.2, -0.15) is 0 Å². The number of hydrogen-bond donors (Lipinski definition) is 1. The van der Waals surface area contributed by atoms with Crippen molar-refractivity contribution in [2.24, 2.45) is 7.05 Å². The third-order valence-electron chi connectivity index (χ3n) is 4.67. The van der Waals surface area contributed by atoms with Gasteiger partial charge in [0.15, 0.2) is 35.3 Å². The maximum Gasteiger partial charge on any atom is 0.222 e. The predicted octanol–water partition coefficient (Wildman–Crippen LogP) is 2.78. The van der Waals surface area contributed by atoms with E-state index in [9.17, 15) is 5.11 Å². The van der Waals surface area contributed by atoms with E-state index >= 15 is 0 Å². The number of rotatable bonds is 6. The average molecular weight is 370 g/mol. The number of pyridine rings is 1. The number of aryl methyl sites for hydroxylation is 1. The molecule has 0 spiro atoms. The number of aliphatic hydroxyl groups is 1. The van der Waals surface area contributed by atoms with Crippen LogP contribution in [-0.4, -0.2) is 33.5 Å². The van der Waals surface area contributed by atoms with Gasteiger partial charge in [0.2, 0.25) is 5.69 Å². The van der Waals surface area contributed by atoms with Crippen LogP contribution in [0.1, 0.15) is 17.4 Å². The van der Waals surface area contributed by atoms with Crippen molar-refractivity contribution >= 4 is 10.8 Å². The first kappa shape index (κ1) is 18.8. The van der Waals surface area contributed by atoms with Crippen molar-refractivity contribution in [1.82, 2.24) is 0 Å². The lowest BCUT2D eigenvalue weighted by Gasteiger charge is -2.15. The van der Waals surface area contributed by atoms with Crippen molar-refractivity contribution < 1.29 is 28.6 Å². The molecule has 1 unspecified atom stereocenters. The Morgan fingerprint density at radius 1 is 0.778 bits per heavy atom. The molecule has 142 valence electrons. The molecule has 27 heavy (non-hydrogen) atoms. The first-order chi connectivity index (χ1) is 13.0. The summed E-state index contributed by atoms with van der Waals surface area (Å²) in [6.07, 6.45) is 1.05. The lowest BCUT2D eigenvalue weighted by atomic mass is 9.99. The Morgan fingerprint density at radius 2 is 1.37 bits per heavy atom. The molecule has 0 aliphatic carbocycles. The van der Waals surface area contributed by atoms with Crippen molar-refractivity contribution in [3.8, 4) is 23.0 Å². The lowest BCUT2D eigenvalue weighted by molar-refractivity contribution is -0.680. The molecule has 0 fully saturated rings. The summed E-state index contributed by atoms with van der Waals surface area (Å²) in [5.41, 5.74) is 1.44. The van der Waals surface area contributed by atoms with Crippen LogP contribution in [0.4, 0.5) is 0 Å². The van der Waals surface area contributed by atoms with E-state index in [1.807, 2.05) is 42.1 Å². The summed E-state index contributed by atoms with van der Waals surface area (Å²) in [4.78, 5) is 0. The van der Waals surface area contributed by atoms with E-state index in [-0.39, 0.29) is 0 Å². The number of benzene rings is 2. The molecular weight excluding hydrogens is 346 g/mol. The van der Waals surface area contributed by atoms with Crippen LogP contribution in [-0.2, 0) is 7.05 Å². The second-order valence-corrected chi connectivity index (χ2v) is 6.12. The molecule has 3 rings (SSSR count). The fourth-order valence-corrected chi connectivity index (χ4v) is 3.24. The van der Waals surface area contributed by atoms with Gasteiger partial charge in [-0.15, -0.1) is 0 Å². The second-order valence-electron chi connectivity index (χ2n) is 6.12. The van der Waals surface area contributed by atoms with Crippen molar-refractivity contribution in [3.05, 3.63) is 53.9 Å². The van der Waals surface area contributed by atoms with Crippen LogP contribution in [0.5, 0.6) is 23.0 Å². The predicted molar refractivity (Wildman–Crippen MR) is 102 cm³/mol. The topological polar surface area (TPSA) is 61.0 Å². The molecule has 0 bridgehead atoms. The minimum Gasteiger partial charge on any atom is -0.493 e. The van der Waals surface area contributed by atoms with Crippen LogP contribution in [0.25, 0.3) is 10.8 Å². The molecule has 1 heterocycles. The van der Waals surface area contributed by atoms with Gasteiger partial charge < -0.3 is 24.1 Å². The summed E-state index contributed by atoms with van der Waals surface area (Å²) in [7, 11) is 8.25. The normalized spacial score (nSPS) is 11.9. The Bertz CT molecular complexity index is 970. The number of hydrogen-bond acceptors (Lipinski definition) is 5. The third-order valence-corrected chi connectivity index (χ3v) is 4.67.